The van der Waals surface area contributed by atoms with Crippen molar-refractivity contribution in [2.75, 3.05) is 47.6 Å². The van der Waals surface area contributed by atoms with Gasteiger partial charge >= 0.3 is 0 Å². The maximum Gasteiger partial charge on any atom is 0.230 e. The summed E-state index contributed by atoms with van der Waals surface area (Å²) in [4.78, 5) is 61.5. The molecular weight excluding hydrogens is 1000 g/mol. The van der Waals surface area contributed by atoms with E-state index < -0.39 is 0 Å². The second kappa shape index (κ2) is 29.5. The quantitative estimate of drug-likeness (QED) is 0.130. The van der Waals surface area contributed by atoms with Crippen LogP contribution in [0.3, 0.4) is 0 Å². The summed E-state index contributed by atoms with van der Waals surface area (Å²) in [6.07, 6.45) is 4.58. The fraction of sp³-hybridized carbons (Fsp3) is 0.242. The van der Waals surface area contributed by atoms with Gasteiger partial charge in [0.05, 0.1) is 24.2 Å². The van der Waals surface area contributed by atoms with Crippen LogP contribution in [0.1, 0.15) is 91.5 Å². The van der Waals surface area contributed by atoms with Crippen LogP contribution in [-0.2, 0) is 35.3 Å². The van der Waals surface area contributed by atoms with Crippen LogP contribution in [-0.4, -0.2) is 61.5 Å². The van der Waals surface area contributed by atoms with Crippen LogP contribution in [0.25, 0.3) is 33.3 Å². The largest absolute Gasteiger partial charge is 0.374 e. The monoisotopic (exact) mass is 1080 g/mol. The maximum atomic E-state index is 12.6. The zero-order valence-electron chi connectivity index (χ0n) is 46.6. The Morgan fingerprint density at radius 3 is 1.37 bits per heavy atom. The van der Waals surface area contributed by atoms with E-state index in [1.165, 1.54) is 50.6 Å². The van der Waals surface area contributed by atoms with Crippen molar-refractivity contribution >= 4 is 79.5 Å². The summed E-state index contributed by atoms with van der Waals surface area (Å²) in [6, 6.07) is 52.2. The first-order valence-electron chi connectivity index (χ1n) is 26.6. The van der Waals surface area contributed by atoms with Gasteiger partial charge in [0.15, 0.2) is 10.3 Å². The Labute approximate surface area is 469 Å². The SMILES string of the molecule is CC.CC.Cc1ccccc1C=O.Cc1ccccc1C=O.Cc1sc(NC(=O)Cc2ccc3ccccc3c2)nc1-c1ccc2c(c1)CCN2C.Cc1sc(NC(=O)Cc2ccccc2)nc1-c1ccc2c(c1)CCN2C. The zero-order valence-corrected chi connectivity index (χ0v) is 48.3. The smallest absolute Gasteiger partial charge is 0.230 e. The summed E-state index contributed by atoms with van der Waals surface area (Å²) in [5, 5.41) is 9.58. The van der Waals surface area contributed by atoms with E-state index in [0.29, 0.717) is 23.1 Å². The molecule has 0 radical (unpaired) electrons. The molecule has 4 heterocycles. The van der Waals surface area contributed by atoms with Crippen molar-refractivity contribution < 1.29 is 19.2 Å². The highest BCUT2D eigenvalue weighted by Crippen LogP contribution is 2.37. The van der Waals surface area contributed by atoms with Crippen molar-refractivity contribution in [2.24, 2.45) is 0 Å². The molecule has 0 aliphatic carbocycles. The van der Waals surface area contributed by atoms with E-state index in [-0.39, 0.29) is 11.8 Å². The predicted octanol–water partition coefficient (Wildman–Crippen LogP) is 15.4. The minimum Gasteiger partial charge on any atom is -0.374 e. The normalized spacial score (nSPS) is 11.5. The summed E-state index contributed by atoms with van der Waals surface area (Å²) < 4.78 is 0. The van der Waals surface area contributed by atoms with Gasteiger partial charge in [-0.3, -0.25) is 19.2 Å². The van der Waals surface area contributed by atoms with Gasteiger partial charge in [0.25, 0.3) is 0 Å². The van der Waals surface area contributed by atoms with E-state index >= 15 is 0 Å². The van der Waals surface area contributed by atoms with Crippen LogP contribution in [0, 0.1) is 27.7 Å². The fourth-order valence-corrected chi connectivity index (χ4v) is 10.6. The Balaban J connectivity index is 0.000000184. The number of anilines is 4. The Morgan fingerprint density at radius 2 is 0.923 bits per heavy atom. The van der Waals surface area contributed by atoms with Crippen LogP contribution in [0.15, 0.2) is 158 Å². The molecule has 2 aliphatic heterocycles. The van der Waals surface area contributed by atoms with Gasteiger partial charge in [0, 0.05) is 70.6 Å². The van der Waals surface area contributed by atoms with Crippen LogP contribution in [0.2, 0.25) is 0 Å². The number of nitrogens with zero attached hydrogens (tertiary/aromatic N) is 4. The van der Waals surface area contributed by atoms with Crippen LogP contribution in [0.5, 0.6) is 0 Å². The molecule has 402 valence electrons. The number of aromatic nitrogens is 2. The highest BCUT2D eigenvalue weighted by atomic mass is 32.1. The highest BCUT2D eigenvalue weighted by Gasteiger charge is 2.20. The third-order valence-corrected chi connectivity index (χ3v) is 14.8. The van der Waals surface area contributed by atoms with Gasteiger partial charge in [-0.05, 0) is 109 Å². The predicted molar refractivity (Wildman–Crippen MR) is 329 cm³/mol. The van der Waals surface area contributed by atoms with E-state index in [2.05, 4.69) is 114 Å². The molecule has 0 saturated carbocycles. The van der Waals surface area contributed by atoms with Crippen LogP contribution >= 0.6 is 22.7 Å². The average molecular weight is 1080 g/mol. The first-order chi connectivity index (χ1) is 37.8. The summed E-state index contributed by atoms with van der Waals surface area (Å²) in [5.74, 6) is -0.0757. The molecule has 0 saturated heterocycles. The number of rotatable bonds is 10. The summed E-state index contributed by atoms with van der Waals surface area (Å²) in [7, 11) is 4.25. The Morgan fingerprint density at radius 1 is 0.500 bits per heavy atom. The van der Waals surface area contributed by atoms with Crippen molar-refractivity contribution in [3.05, 3.63) is 212 Å². The van der Waals surface area contributed by atoms with Crippen molar-refractivity contribution in [3.63, 3.8) is 0 Å². The minimum absolute atomic E-state index is 0.0351. The van der Waals surface area contributed by atoms with Gasteiger partial charge < -0.3 is 20.4 Å². The number of likely N-dealkylation sites (N-methyl/N-ethyl adjacent to an activating group) is 2. The number of fused-ring (bicyclic) bond motifs is 3. The Kier molecular flexibility index (Phi) is 22.4. The van der Waals surface area contributed by atoms with Gasteiger partial charge in [-0.15, -0.1) is 22.7 Å². The molecule has 78 heavy (non-hydrogen) atoms. The molecule has 10 nitrogen and oxygen atoms in total. The van der Waals surface area contributed by atoms with E-state index in [1.54, 1.807) is 0 Å². The number of hydrogen-bond acceptors (Lipinski definition) is 10. The second-order valence-corrected chi connectivity index (χ2v) is 20.8. The lowest BCUT2D eigenvalue weighted by atomic mass is 10.1. The zero-order chi connectivity index (χ0) is 56.1. The lowest BCUT2D eigenvalue weighted by Gasteiger charge is -2.11. The molecule has 0 unspecified atom stereocenters. The molecule has 2 N–H and O–H groups in total. The van der Waals surface area contributed by atoms with E-state index in [0.717, 1.165) is 110 Å². The molecule has 0 spiro atoms. The molecule has 12 heteroatoms. The van der Waals surface area contributed by atoms with Crippen molar-refractivity contribution in [3.8, 4) is 22.5 Å². The standard InChI is InChI=1S/C25H23N3OS.C21H21N3OS.2C8H8O.2C2H6/c1-16-24(21-9-10-22-20(15-21)11-12-28(22)2)27-25(30-16)26-23(29)14-17-7-8-18-5-3-4-6-19(18)13-17;1-14-20(17-8-9-18-16(13-17)10-11-24(18)2)23-21(26-14)22-19(25)12-15-6-4-3-5-7-15;2*1-7-4-2-3-5-8(7)6-9;2*1-2/h3-10,13,15H,11-12,14H2,1-2H3,(H,26,27,29);3-9,13H,10-12H2,1-2H3,(H,22,23,25);2*2-6H,1H3;2*1-2H3. The Bertz CT molecular complexity index is 3390. The molecule has 0 atom stereocenters. The molecular formula is C66H72N6O4S2. The number of hydrogen-bond donors (Lipinski definition) is 2. The lowest BCUT2D eigenvalue weighted by Crippen LogP contribution is -2.14. The third kappa shape index (κ3) is 16.0. The molecule has 0 bridgehead atoms. The highest BCUT2D eigenvalue weighted by molar-refractivity contribution is 7.16. The topological polar surface area (TPSA) is 125 Å². The lowest BCUT2D eigenvalue weighted by molar-refractivity contribution is -0.116. The van der Waals surface area contributed by atoms with Crippen LogP contribution < -0.4 is 20.4 Å². The first-order valence-corrected chi connectivity index (χ1v) is 28.3. The maximum absolute atomic E-state index is 12.6. The van der Waals surface area contributed by atoms with Gasteiger partial charge in [0.2, 0.25) is 11.8 Å². The summed E-state index contributed by atoms with van der Waals surface area (Å²) in [6.45, 7) is 18.1. The van der Waals surface area contributed by atoms with E-state index in [4.69, 9.17) is 4.98 Å². The molecule has 2 aliphatic rings. The number of carbonyl (C=O) groups is 4. The summed E-state index contributed by atoms with van der Waals surface area (Å²) in [5.41, 5.74) is 15.1. The number of thiazole rings is 2. The van der Waals surface area contributed by atoms with Crippen LogP contribution in [0.4, 0.5) is 21.6 Å². The molecule has 0 fully saturated rings. The van der Waals surface area contributed by atoms with Gasteiger partial charge in [-0.25, -0.2) is 9.97 Å². The number of carbonyl (C=O) groups excluding carboxylic acids is 4. The van der Waals surface area contributed by atoms with E-state index in [1.807, 2.05) is 139 Å². The molecule has 11 rings (SSSR count). The summed E-state index contributed by atoms with van der Waals surface area (Å²) >= 11 is 3.06. The van der Waals surface area contributed by atoms with E-state index in [9.17, 15) is 19.2 Å². The Hall–Kier alpha value is -8.06. The van der Waals surface area contributed by atoms with Gasteiger partial charge in [0.1, 0.15) is 12.6 Å². The third-order valence-electron chi connectivity index (χ3n) is 13.1. The molecule has 7 aromatic carbocycles. The van der Waals surface area contributed by atoms with Crippen molar-refractivity contribution in [2.45, 2.75) is 81.1 Å². The van der Waals surface area contributed by atoms with Gasteiger partial charge in [-0.1, -0.05) is 161 Å². The molecule has 2 aromatic heterocycles. The number of nitrogens with one attached hydrogen (secondary N) is 2. The molecule has 2 amide bonds. The number of amides is 2. The average Bonchev–Trinajstić information content (AvgIpc) is 4.27. The molecule has 9 aromatic rings. The first kappa shape index (κ1) is 59.2. The fourth-order valence-electron chi connectivity index (χ4n) is 8.94. The minimum atomic E-state index is -0.0406. The van der Waals surface area contributed by atoms with Gasteiger partial charge in [-0.2, -0.15) is 0 Å². The number of aldehydes is 2. The second-order valence-electron chi connectivity index (χ2n) is 18.4. The van der Waals surface area contributed by atoms with Crippen molar-refractivity contribution in [1.82, 2.24) is 9.97 Å². The van der Waals surface area contributed by atoms with Crippen molar-refractivity contribution in [1.29, 1.82) is 0 Å². The number of aryl methyl sites for hydroxylation is 4. The number of benzene rings is 7.